The number of ether oxygens (including phenoxy) is 1. The van der Waals surface area contributed by atoms with E-state index in [0.717, 1.165) is 0 Å². The lowest BCUT2D eigenvalue weighted by atomic mass is 9.96. The van der Waals surface area contributed by atoms with E-state index in [1.54, 1.807) is 19.9 Å². The lowest BCUT2D eigenvalue weighted by Crippen LogP contribution is -2.29. The van der Waals surface area contributed by atoms with Gasteiger partial charge in [-0.05, 0) is 26.0 Å². The van der Waals surface area contributed by atoms with Crippen LogP contribution in [0, 0.1) is 0 Å². The summed E-state index contributed by atoms with van der Waals surface area (Å²) < 4.78 is 33.5. The van der Waals surface area contributed by atoms with Gasteiger partial charge in [-0.2, -0.15) is 0 Å². The van der Waals surface area contributed by atoms with Gasteiger partial charge in [-0.3, -0.25) is 9.36 Å². The van der Waals surface area contributed by atoms with Crippen molar-refractivity contribution in [3.05, 3.63) is 45.2 Å². The van der Waals surface area contributed by atoms with Crippen LogP contribution in [0.25, 0.3) is 6.08 Å². The number of carbonyl (C=O) groups is 1. The van der Waals surface area contributed by atoms with Crippen molar-refractivity contribution in [3.8, 4) is 0 Å². The average Bonchev–Trinajstić information content (AvgIpc) is 2.96. The Morgan fingerprint density at radius 2 is 1.91 bits per heavy atom. The Hall–Kier alpha value is -1.95. The van der Waals surface area contributed by atoms with E-state index in [1.165, 1.54) is 12.1 Å². The summed E-state index contributed by atoms with van der Waals surface area (Å²) >= 11 is 0. The maximum atomic E-state index is 12.8. The topological polar surface area (TPSA) is 92.0 Å². The monoisotopic (exact) mass is 338 g/mol. The lowest BCUT2D eigenvalue weighted by Gasteiger charge is -2.18. The molecule has 0 bridgehead atoms. The molecule has 3 rings (SSSR count). The Morgan fingerprint density at radius 3 is 2.57 bits per heavy atom. The number of hydrogen-bond acceptors (Lipinski definition) is 7. The molecule has 2 aliphatic rings. The lowest BCUT2D eigenvalue weighted by molar-refractivity contribution is 0.102. The van der Waals surface area contributed by atoms with Crippen molar-refractivity contribution >= 4 is 24.8 Å². The summed E-state index contributed by atoms with van der Waals surface area (Å²) in [5.41, 5.74) is -0.316. The average molecular weight is 338 g/mol. The third-order valence-corrected chi connectivity index (χ3v) is 5.49. The van der Waals surface area contributed by atoms with E-state index in [1.807, 2.05) is 0 Å². The Balaban J connectivity index is 2.17. The van der Waals surface area contributed by atoms with Crippen molar-refractivity contribution in [1.29, 1.82) is 0 Å². The summed E-state index contributed by atoms with van der Waals surface area (Å²) in [4.78, 5) is 24.7. The first-order valence-electron chi connectivity index (χ1n) is 7.17. The van der Waals surface area contributed by atoms with Gasteiger partial charge in [-0.25, -0.2) is 4.79 Å². The van der Waals surface area contributed by atoms with Gasteiger partial charge < -0.3 is 18.2 Å². The highest BCUT2D eigenvalue weighted by Gasteiger charge is 2.36. The molecule has 1 aromatic heterocycles. The van der Waals surface area contributed by atoms with Gasteiger partial charge in [0.15, 0.2) is 11.1 Å². The SMILES string of the molecule is CCOP(=O)(OCC)c1cc2c(oc1=O)C=C1OCC=C1C2=O. The Bertz CT molecular complexity index is 821. The molecule has 0 atom stereocenters. The van der Waals surface area contributed by atoms with Crippen LogP contribution in [0.1, 0.15) is 30.0 Å². The van der Waals surface area contributed by atoms with Crippen molar-refractivity contribution < 1.29 is 27.6 Å². The predicted molar refractivity (Wildman–Crippen MR) is 81.8 cm³/mol. The molecule has 0 amide bonds. The van der Waals surface area contributed by atoms with Crippen molar-refractivity contribution in [2.45, 2.75) is 13.8 Å². The van der Waals surface area contributed by atoms with Gasteiger partial charge in [-0.1, -0.05) is 0 Å². The maximum Gasteiger partial charge on any atom is 0.368 e. The van der Waals surface area contributed by atoms with Crippen LogP contribution >= 0.6 is 7.60 Å². The molecule has 0 N–H and O–H groups in total. The van der Waals surface area contributed by atoms with Crippen LogP contribution in [0.2, 0.25) is 0 Å². The molecule has 0 saturated carbocycles. The number of fused-ring (bicyclic) bond motifs is 2. The normalized spacial score (nSPS) is 16.3. The summed E-state index contributed by atoms with van der Waals surface area (Å²) in [6.45, 7) is 3.73. The number of hydrogen-bond donors (Lipinski definition) is 0. The molecule has 0 radical (unpaired) electrons. The highest BCUT2D eigenvalue weighted by atomic mass is 31.2. The van der Waals surface area contributed by atoms with Crippen LogP contribution in [0.15, 0.2) is 32.7 Å². The number of Topliss-reactive ketones (excluding diaryl/α,β-unsaturated/α-hetero) is 1. The number of rotatable bonds is 5. The minimum Gasteiger partial charge on any atom is -0.489 e. The highest BCUT2D eigenvalue weighted by Crippen LogP contribution is 2.46. The molecule has 122 valence electrons. The molecule has 0 aromatic carbocycles. The Kier molecular flexibility index (Phi) is 4.10. The molecule has 0 saturated heterocycles. The molecule has 0 fully saturated rings. The van der Waals surface area contributed by atoms with Gasteiger partial charge >= 0.3 is 13.2 Å². The largest absolute Gasteiger partial charge is 0.489 e. The highest BCUT2D eigenvalue weighted by molar-refractivity contribution is 7.62. The summed E-state index contributed by atoms with van der Waals surface area (Å²) in [5.74, 6) is 0.105. The molecule has 1 aliphatic heterocycles. The fourth-order valence-electron chi connectivity index (χ4n) is 2.45. The third kappa shape index (κ3) is 2.61. The Labute approximate surface area is 132 Å². The standard InChI is InChI=1S/C15H15O7P/c1-3-20-23(18,21-4-2)13-7-10-12(22-15(13)17)8-11-9(14(10)16)5-6-19-11/h5,7-8H,3-4,6H2,1-2H3. The van der Waals surface area contributed by atoms with E-state index in [-0.39, 0.29) is 42.2 Å². The number of allylic oxidation sites excluding steroid dienone is 1. The first-order valence-corrected chi connectivity index (χ1v) is 8.72. The van der Waals surface area contributed by atoms with Crippen LogP contribution in [-0.4, -0.2) is 25.6 Å². The van der Waals surface area contributed by atoms with Crippen molar-refractivity contribution in [2.24, 2.45) is 0 Å². The second kappa shape index (κ2) is 5.92. The van der Waals surface area contributed by atoms with E-state index >= 15 is 0 Å². The molecule has 0 spiro atoms. The first-order chi connectivity index (χ1) is 11.0. The van der Waals surface area contributed by atoms with Gasteiger partial charge in [0.25, 0.3) is 0 Å². The van der Waals surface area contributed by atoms with E-state index in [0.29, 0.717) is 11.3 Å². The maximum absolute atomic E-state index is 12.8. The van der Waals surface area contributed by atoms with Crippen molar-refractivity contribution in [1.82, 2.24) is 0 Å². The van der Waals surface area contributed by atoms with Crippen LogP contribution in [0.4, 0.5) is 0 Å². The molecule has 8 heteroatoms. The zero-order valence-electron chi connectivity index (χ0n) is 12.7. The molecule has 2 heterocycles. The summed E-state index contributed by atoms with van der Waals surface area (Å²) in [7, 11) is -3.84. The van der Waals surface area contributed by atoms with Gasteiger partial charge in [0, 0.05) is 6.08 Å². The first kappa shape index (κ1) is 15.9. The number of ketones is 1. The molecule has 23 heavy (non-hydrogen) atoms. The molecule has 1 aromatic rings. The summed E-state index contributed by atoms with van der Waals surface area (Å²) in [6.07, 6.45) is 3.12. The van der Waals surface area contributed by atoms with Crippen molar-refractivity contribution in [2.75, 3.05) is 19.8 Å². The molecular weight excluding hydrogens is 323 g/mol. The summed E-state index contributed by atoms with van der Waals surface area (Å²) in [5, 5.41) is -0.273. The van der Waals surface area contributed by atoms with Crippen molar-refractivity contribution in [3.63, 3.8) is 0 Å². The number of carbonyl (C=O) groups excluding carboxylic acids is 1. The molecule has 1 aliphatic carbocycles. The van der Waals surface area contributed by atoms with Crippen LogP contribution < -0.4 is 10.9 Å². The van der Waals surface area contributed by atoms with Gasteiger partial charge in [0.2, 0.25) is 0 Å². The predicted octanol–water partition coefficient (Wildman–Crippen LogP) is 2.02. The van der Waals surface area contributed by atoms with Gasteiger partial charge in [0.05, 0.1) is 24.4 Å². The van der Waals surface area contributed by atoms with Crippen LogP contribution in [0.3, 0.4) is 0 Å². The third-order valence-electron chi connectivity index (χ3n) is 3.39. The fourth-order valence-corrected chi connectivity index (χ4v) is 4.04. The molecular formula is C15H15O7P. The second-order valence-electron chi connectivity index (χ2n) is 4.80. The van der Waals surface area contributed by atoms with Crippen LogP contribution in [-0.2, 0) is 18.3 Å². The zero-order valence-corrected chi connectivity index (χ0v) is 13.6. The molecule has 0 unspecified atom stereocenters. The van der Waals surface area contributed by atoms with Gasteiger partial charge in [0.1, 0.15) is 18.1 Å². The molecule has 7 nitrogen and oxygen atoms in total. The van der Waals surface area contributed by atoms with E-state index in [2.05, 4.69) is 0 Å². The zero-order chi connectivity index (χ0) is 16.6. The fraction of sp³-hybridized carbons (Fsp3) is 0.333. The van der Waals surface area contributed by atoms with Crippen LogP contribution in [0.5, 0.6) is 0 Å². The van der Waals surface area contributed by atoms with E-state index in [9.17, 15) is 14.2 Å². The minimum atomic E-state index is -3.84. The van der Waals surface area contributed by atoms with E-state index in [4.69, 9.17) is 18.2 Å². The van der Waals surface area contributed by atoms with E-state index < -0.39 is 13.2 Å². The second-order valence-corrected chi connectivity index (χ2v) is 6.79. The minimum absolute atomic E-state index is 0.0809. The smallest absolute Gasteiger partial charge is 0.368 e. The Morgan fingerprint density at radius 1 is 1.22 bits per heavy atom. The quantitative estimate of drug-likeness (QED) is 0.758. The van der Waals surface area contributed by atoms with Gasteiger partial charge in [-0.15, -0.1) is 0 Å². The summed E-state index contributed by atoms with van der Waals surface area (Å²) in [6, 6.07) is 1.24.